The highest BCUT2D eigenvalue weighted by atomic mass is 31.2. The molecule has 1 aliphatic rings. The Balaban J connectivity index is 1.76. The van der Waals surface area contributed by atoms with Crippen LogP contribution in [0.25, 0.3) is 5.69 Å². The molecule has 1 aromatic heterocycles. The summed E-state index contributed by atoms with van der Waals surface area (Å²) in [7, 11) is -2.53. The van der Waals surface area contributed by atoms with E-state index >= 15 is 0 Å². The van der Waals surface area contributed by atoms with Crippen LogP contribution < -0.4 is 10.4 Å². The smallest absolute Gasteiger partial charge is 0.316 e. The molecule has 0 bridgehead atoms. The number of nitrogens with zero attached hydrogens (tertiary/aromatic N) is 4. The number of hydrogen-bond acceptors (Lipinski definition) is 3. The molecule has 0 aliphatic carbocycles. The Morgan fingerprint density at radius 1 is 0.917 bits per heavy atom. The molecule has 36 heavy (non-hydrogen) atoms. The molecule has 0 amide bonds. The van der Waals surface area contributed by atoms with Crippen LogP contribution in [0.2, 0.25) is 0 Å². The van der Waals surface area contributed by atoms with Crippen LogP contribution in [0.15, 0.2) is 83.9 Å². The number of benzene rings is 3. The number of aromatic nitrogens is 2. The Morgan fingerprint density at radius 2 is 1.56 bits per heavy atom. The van der Waals surface area contributed by atoms with Gasteiger partial charge in [0, 0.05) is 12.6 Å². The molecule has 0 radical (unpaired) electrons. The zero-order valence-electron chi connectivity index (χ0n) is 19.2. The third-order valence-corrected chi connectivity index (χ3v) is 8.56. The number of anilines is 1. The van der Waals surface area contributed by atoms with E-state index in [9.17, 15) is 22.1 Å². The number of nitrogens with one attached hydrogen (secondary N) is 1. The molecule has 1 atom stereocenters. The van der Waals surface area contributed by atoms with E-state index in [1.165, 1.54) is 58.9 Å². The van der Waals surface area contributed by atoms with Crippen molar-refractivity contribution in [3.8, 4) is 5.69 Å². The van der Waals surface area contributed by atoms with Crippen LogP contribution >= 0.6 is 7.44 Å². The van der Waals surface area contributed by atoms with Gasteiger partial charge in [-0.15, -0.1) is 0 Å². The van der Waals surface area contributed by atoms with Gasteiger partial charge in [-0.3, -0.25) is 9.24 Å². The van der Waals surface area contributed by atoms with Crippen molar-refractivity contribution in [2.45, 2.75) is 13.1 Å². The monoisotopic (exact) mass is 513 g/mol. The summed E-state index contributed by atoms with van der Waals surface area (Å²) < 4.78 is 72.6. The lowest BCUT2D eigenvalue weighted by atomic mass is 10.2. The Bertz CT molecular complexity index is 1510. The highest BCUT2D eigenvalue weighted by molar-refractivity contribution is 7.72. The molecule has 2 heterocycles. The fraction of sp³-hybridized carbons (Fsp3) is 0.120. The van der Waals surface area contributed by atoms with Gasteiger partial charge >= 0.3 is 6.18 Å². The van der Waals surface area contributed by atoms with Gasteiger partial charge in [-0.25, -0.2) is 14.1 Å². The summed E-state index contributed by atoms with van der Waals surface area (Å²) in [6, 6.07) is 19.3. The zero-order chi connectivity index (χ0) is 25.7. The third kappa shape index (κ3) is 3.97. The first kappa shape index (κ1) is 23.8. The van der Waals surface area contributed by atoms with Gasteiger partial charge in [0.25, 0.3) is 7.44 Å². The van der Waals surface area contributed by atoms with Crippen molar-refractivity contribution in [1.82, 2.24) is 14.5 Å². The number of hydrogen-bond donors (Lipinski definition) is 1. The molecule has 11 heteroatoms. The van der Waals surface area contributed by atoms with Gasteiger partial charge in [-0.1, -0.05) is 30.3 Å². The summed E-state index contributed by atoms with van der Waals surface area (Å²) >= 11 is 0. The predicted octanol–water partition coefficient (Wildman–Crippen LogP) is 6.29. The fourth-order valence-corrected chi connectivity index (χ4v) is 6.55. The maximum absolute atomic E-state index is 14.8. The highest BCUT2D eigenvalue weighted by Gasteiger charge is 2.45. The number of alkyl halides is 3. The normalized spacial score (nSPS) is 17.5. The lowest BCUT2D eigenvalue weighted by molar-refractivity contribution is -0.136. The minimum Gasteiger partial charge on any atom is -0.316 e. The molecule has 0 fully saturated rings. The number of amidine groups is 1. The third-order valence-electron chi connectivity index (χ3n) is 5.86. The molecular formula is C25H20F4N5OP. The standard InChI is InChI=1S/C25H20F4N5OP/c1-16-22-24(34(31-16)19-8-4-3-5-9-19)30-23(17-12-14-18(26)15-13-17)33(2)36(22,35)32-21-11-7-6-10-20(21)25(27,28)29/h3-15H,1-2H3,(H,32,35)/t36-/m1/s1. The lowest BCUT2D eigenvalue weighted by Gasteiger charge is -2.35. The van der Waals surface area contributed by atoms with Crippen LogP contribution in [0, 0.1) is 12.7 Å². The second-order valence-corrected chi connectivity index (χ2v) is 10.6. The summed E-state index contributed by atoms with van der Waals surface area (Å²) in [6.07, 6.45) is -4.67. The van der Waals surface area contributed by atoms with E-state index in [2.05, 4.69) is 10.2 Å². The number of para-hydroxylation sites is 2. The minimum absolute atomic E-state index is 0.191. The zero-order valence-corrected chi connectivity index (χ0v) is 20.1. The first-order valence-corrected chi connectivity index (χ1v) is 12.5. The molecular weight excluding hydrogens is 493 g/mol. The predicted molar refractivity (Wildman–Crippen MR) is 131 cm³/mol. The first-order chi connectivity index (χ1) is 17.1. The second kappa shape index (κ2) is 8.64. The van der Waals surface area contributed by atoms with E-state index in [-0.39, 0.29) is 22.6 Å². The SMILES string of the molecule is Cc1nn(-c2ccccc2)c2c1[P@@](=O)(Nc1ccccc1C(F)(F)F)N(C)C(c1ccc(F)cc1)=N2. The molecule has 6 nitrogen and oxygen atoms in total. The summed E-state index contributed by atoms with van der Waals surface area (Å²) in [5, 5.41) is 7.44. The topological polar surface area (TPSA) is 62.5 Å². The number of aliphatic imine (C=N–C) groups is 1. The average Bonchev–Trinajstić information content (AvgIpc) is 3.19. The van der Waals surface area contributed by atoms with Crippen LogP contribution in [-0.2, 0) is 10.7 Å². The van der Waals surface area contributed by atoms with E-state index in [0.29, 0.717) is 16.9 Å². The van der Waals surface area contributed by atoms with E-state index < -0.39 is 25.0 Å². The first-order valence-electron chi connectivity index (χ1n) is 10.9. The average molecular weight is 513 g/mol. The van der Waals surface area contributed by atoms with Crippen LogP contribution in [0.3, 0.4) is 0 Å². The van der Waals surface area contributed by atoms with Crippen LogP contribution in [0.1, 0.15) is 16.8 Å². The Kier molecular flexibility index (Phi) is 5.71. The van der Waals surface area contributed by atoms with Crippen molar-refractivity contribution < 1.29 is 22.1 Å². The van der Waals surface area contributed by atoms with E-state index in [1.54, 1.807) is 31.2 Å². The maximum atomic E-state index is 14.8. The van der Waals surface area contributed by atoms with E-state index in [4.69, 9.17) is 4.99 Å². The number of halogens is 4. The Labute approximate surface area is 204 Å². The fourth-order valence-electron chi connectivity index (χ4n) is 4.14. The van der Waals surface area contributed by atoms with Gasteiger partial charge < -0.3 is 5.09 Å². The van der Waals surface area contributed by atoms with Gasteiger partial charge in [-0.05, 0) is 55.5 Å². The Morgan fingerprint density at radius 3 is 2.22 bits per heavy atom. The van der Waals surface area contributed by atoms with Gasteiger partial charge in [0.2, 0.25) is 0 Å². The van der Waals surface area contributed by atoms with Crippen LogP contribution in [0.4, 0.5) is 29.1 Å². The van der Waals surface area contributed by atoms with Gasteiger partial charge in [0.05, 0.1) is 22.6 Å². The van der Waals surface area contributed by atoms with Crippen LogP contribution in [0.5, 0.6) is 0 Å². The Hall–Kier alpha value is -3.91. The molecule has 1 aliphatic heterocycles. The van der Waals surface area contributed by atoms with Crippen molar-refractivity contribution in [3.63, 3.8) is 0 Å². The van der Waals surface area contributed by atoms with Crippen molar-refractivity contribution in [1.29, 1.82) is 0 Å². The molecule has 0 unspecified atom stereocenters. The van der Waals surface area contributed by atoms with Gasteiger partial charge in [-0.2, -0.15) is 18.3 Å². The van der Waals surface area contributed by atoms with Crippen molar-refractivity contribution in [2.75, 3.05) is 12.1 Å². The lowest BCUT2D eigenvalue weighted by Crippen LogP contribution is -2.36. The van der Waals surface area contributed by atoms with E-state index in [0.717, 1.165) is 6.07 Å². The van der Waals surface area contributed by atoms with Gasteiger partial charge in [0.1, 0.15) is 17.0 Å². The van der Waals surface area contributed by atoms with Crippen molar-refractivity contribution in [3.05, 3.63) is 102 Å². The van der Waals surface area contributed by atoms with Crippen molar-refractivity contribution >= 4 is 30.1 Å². The molecule has 3 aromatic carbocycles. The molecule has 1 N–H and O–H groups in total. The molecule has 0 spiro atoms. The van der Waals surface area contributed by atoms with E-state index in [1.807, 2.05) is 6.07 Å². The largest absolute Gasteiger partial charge is 0.418 e. The highest BCUT2D eigenvalue weighted by Crippen LogP contribution is 2.55. The van der Waals surface area contributed by atoms with Crippen LogP contribution in [-0.4, -0.2) is 27.3 Å². The number of fused-ring (bicyclic) bond motifs is 1. The second-order valence-electron chi connectivity index (χ2n) is 8.20. The minimum atomic E-state index is -4.67. The van der Waals surface area contributed by atoms with Crippen molar-refractivity contribution in [2.24, 2.45) is 4.99 Å². The molecule has 4 aromatic rings. The molecule has 5 rings (SSSR count). The summed E-state index contributed by atoms with van der Waals surface area (Å²) in [6.45, 7) is 1.63. The number of aryl methyl sites for hydroxylation is 1. The molecule has 0 saturated carbocycles. The number of rotatable bonds is 4. The maximum Gasteiger partial charge on any atom is 0.418 e. The summed E-state index contributed by atoms with van der Waals surface area (Å²) in [5.41, 5.74) is 0.139. The summed E-state index contributed by atoms with van der Waals surface area (Å²) in [5.74, 6) is -0.0552. The quantitative estimate of drug-likeness (QED) is 0.257. The summed E-state index contributed by atoms with van der Waals surface area (Å²) in [4.78, 5) is 4.72. The molecule has 184 valence electrons. The van der Waals surface area contributed by atoms with Gasteiger partial charge in [0.15, 0.2) is 5.82 Å². The molecule has 0 saturated heterocycles.